The van der Waals surface area contributed by atoms with Crippen molar-refractivity contribution in [3.8, 4) is 0 Å². The molecule has 0 saturated carbocycles. The smallest absolute Gasteiger partial charge is 0.181 e. The molecule has 0 amide bonds. The van der Waals surface area contributed by atoms with Gasteiger partial charge in [-0.3, -0.25) is 0 Å². The molecule has 1 heterocycles. The lowest BCUT2D eigenvalue weighted by Crippen LogP contribution is -1.91. The van der Waals surface area contributed by atoms with E-state index in [-0.39, 0.29) is 0 Å². The molecule has 0 fully saturated rings. The Morgan fingerprint density at radius 1 is 1.86 bits per heavy atom. The van der Waals surface area contributed by atoms with Crippen LogP contribution in [-0.4, -0.2) is 3.96 Å². The van der Waals surface area contributed by atoms with Gasteiger partial charge in [0.15, 0.2) is 8.88 Å². The summed E-state index contributed by atoms with van der Waals surface area (Å²) in [4.78, 5) is 2.95. The van der Waals surface area contributed by atoms with E-state index in [0.717, 1.165) is 17.4 Å². The number of hydrogen-bond acceptors (Lipinski definition) is 3. The highest BCUT2D eigenvalue weighted by Crippen LogP contribution is 2.40. The first-order chi connectivity index (χ1) is 3.39. The average molecular weight is 172 g/mol. The SMILES string of the molecule is ClN1[P]N=PNP1. The second-order valence-corrected chi connectivity index (χ2v) is 5.06. The van der Waals surface area contributed by atoms with E-state index in [1.807, 2.05) is 0 Å². The Morgan fingerprint density at radius 3 is 3.00 bits per heavy atom. The zero-order valence-corrected chi connectivity index (χ0v) is 6.71. The minimum Gasteiger partial charge on any atom is -0.221 e. The Hall–Kier alpha value is 1.17. The molecule has 1 N–H and O–H groups in total. The van der Waals surface area contributed by atoms with Crippen molar-refractivity contribution in [2.75, 3.05) is 0 Å². The second-order valence-electron chi connectivity index (χ2n) is 0.763. The van der Waals surface area contributed by atoms with Gasteiger partial charge in [0.05, 0.1) is 8.88 Å². The molecule has 0 saturated heterocycles. The van der Waals surface area contributed by atoms with Crippen molar-refractivity contribution >= 4 is 38.1 Å². The van der Waals surface area contributed by atoms with E-state index in [9.17, 15) is 0 Å². The molecule has 39 valence electrons. The van der Waals surface area contributed by atoms with Crippen LogP contribution in [0.3, 0.4) is 0 Å². The van der Waals surface area contributed by atoms with Crippen molar-refractivity contribution in [3.05, 3.63) is 0 Å². The van der Waals surface area contributed by atoms with Gasteiger partial charge in [-0.05, 0) is 11.8 Å². The van der Waals surface area contributed by atoms with Crippen LogP contribution in [0.1, 0.15) is 0 Å². The Balaban J connectivity index is 2.32. The van der Waals surface area contributed by atoms with Crippen LogP contribution in [0.4, 0.5) is 0 Å². The van der Waals surface area contributed by atoms with Gasteiger partial charge < -0.3 is 0 Å². The first kappa shape index (κ1) is 6.29. The Labute approximate surface area is 52.0 Å². The largest absolute Gasteiger partial charge is 0.221 e. The second kappa shape index (κ2) is 3.25. The third-order valence-corrected chi connectivity index (χ3v) is 3.20. The van der Waals surface area contributed by atoms with Gasteiger partial charge in [-0.15, -0.1) is 3.96 Å². The van der Waals surface area contributed by atoms with Gasteiger partial charge in [-0.2, -0.15) is 0 Å². The molecule has 0 aliphatic carbocycles. The predicted octanol–water partition coefficient (Wildman–Crippen LogP) is 2.37. The van der Waals surface area contributed by atoms with Crippen LogP contribution >= 0.6 is 38.1 Å². The van der Waals surface area contributed by atoms with E-state index < -0.39 is 0 Å². The van der Waals surface area contributed by atoms with E-state index >= 15 is 0 Å². The number of nitrogens with zero attached hydrogens (tertiary/aromatic N) is 2. The van der Waals surface area contributed by atoms with Crippen molar-refractivity contribution in [2.45, 2.75) is 0 Å². The Kier molecular flexibility index (Phi) is 2.92. The molecular formula is H2ClN3P3. The van der Waals surface area contributed by atoms with Crippen LogP contribution in [0, 0.1) is 0 Å². The molecule has 1 aliphatic rings. The summed E-state index contributed by atoms with van der Waals surface area (Å²) in [6.45, 7) is 0. The van der Waals surface area contributed by atoms with Crippen LogP contribution in [-0.2, 0) is 0 Å². The first-order valence-corrected chi connectivity index (χ1v) is 4.40. The van der Waals surface area contributed by atoms with Gasteiger partial charge in [0.1, 0.15) is 8.52 Å². The average Bonchev–Trinajstić information content (AvgIpc) is 1.69. The number of hydrogen-bond donors (Lipinski definition) is 1. The number of halogens is 1. The summed E-state index contributed by atoms with van der Waals surface area (Å²) in [5.41, 5.74) is 0. The highest BCUT2D eigenvalue weighted by atomic mass is 35.5. The zero-order chi connectivity index (χ0) is 5.11. The normalized spacial score (nSPS) is 32.1. The van der Waals surface area contributed by atoms with Gasteiger partial charge in [-0.1, -0.05) is 0 Å². The van der Waals surface area contributed by atoms with E-state index in [2.05, 4.69) is 9.37 Å². The fourth-order valence-electron chi connectivity index (χ4n) is 0.163. The van der Waals surface area contributed by atoms with Crippen LogP contribution in [0.15, 0.2) is 4.52 Å². The number of nitrogens with one attached hydrogen (secondary N) is 1. The minimum absolute atomic E-state index is 0.506. The highest BCUT2D eigenvalue weighted by Gasteiger charge is 2.02. The minimum atomic E-state index is 0.506. The van der Waals surface area contributed by atoms with Crippen LogP contribution in [0.2, 0.25) is 0 Å². The molecule has 0 bridgehead atoms. The molecule has 7 heteroatoms. The standard InChI is InChI=1S/ClH2N3P3/c1-4-6-2-5-3-7-4/h6H,(H,2,3). The van der Waals surface area contributed by atoms with Crippen LogP contribution < -0.4 is 4.86 Å². The van der Waals surface area contributed by atoms with E-state index in [4.69, 9.17) is 11.8 Å². The summed E-state index contributed by atoms with van der Waals surface area (Å²) in [5, 5.41) is 0. The fourth-order valence-corrected chi connectivity index (χ4v) is 3.25. The summed E-state index contributed by atoms with van der Waals surface area (Å²) in [5.74, 6) is 0. The highest BCUT2D eigenvalue weighted by molar-refractivity contribution is 7.62. The lowest BCUT2D eigenvalue weighted by Gasteiger charge is -2.09. The molecule has 0 aromatic carbocycles. The lowest BCUT2D eigenvalue weighted by molar-refractivity contribution is 1.18. The topological polar surface area (TPSA) is 27.6 Å². The maximum atomic E-state index is 5.49. The molecule has 0 aromatic rings. The van der Waals surface area contributed by atoms with Gasteiger partial charge >= 0.3 is 0 Å². The molecule has 1 radical (unpaired) electrons. The van der Waals surface area contributed by atoms with Crippen molar-refractivity contribution in [1.82, 2.24) is 8.82 Å². The summed E-state index contributed by atoms with van der Waals surface area (Å²) in [7, 11) is 2.31. The fraction of sp³-hybridized carbons (Fsp3) is 0. The third-order valence-electron chi connectivity index (χ3n) is 0.356. The Morgan fingerprint density at radius 2 is 2.71 bits per heavy atom. The maximum absolute atomic E-state index is 5.49. The molecule has 7 heavy (non-hydrogen) atoms. The summed E-state index contributed by atoms with van der Waals surface area (Å²) in [6, 6.07) is 0. The monoisotopic (exact) mass is 172 g/mol. The molecule has 0 spiro atoms. The summed E-state index contributed by atoms with van der Waals surface area (Å²) < 4.78 is 5.47. The van der Waals surface area contributed by atoms with Crippen molar-refractivity contribution in [1.29, 1.82) is 0 Å². The van der Waals surface area contributed by atoms with E-state index in [1.54, 1.807) is 3.96 Å². The molecular weight excluding hydrogens is 170 g/mol. The quantitative estimate of drug-likeness (QED) is 0.449. The summed E-state index contributed by atoms with van der Waals surface area (Å²) >= 11 is 5.49. The Bertz CT molecular complexity index is 82.2. The maximum Gasteiger partial charge on any atom is 0.181 e. The molecule has 3 nitrogen and oxygen atoms in total. The first-order valence-electron chi connectivity index (χ1n) is 1.47. The molecule has 0 aromatic heterocycles. The predicted molar refractivity (Wildman–Crippen MR) is 35.4 cm³/mol. The van der Waals surface area contributed by atoms with Crippen molar-refractivity contribution in [2.24, 2.45) is 4.52 Å². The van der Waals surface area contributed by atoms with Crippen molar-refractivity contribution < 1.29 is 0 Å². The van der Waals surface area contributed by atoms with Crippen LogP contribution in [0.25, 0.3) is 0 Å². The molecule has 1 atom stereocenters. The van der Waals surface area contributed by atoms with Gasteiger partial charge in [0.2, 0.25) is 0 Å². The molecule has 1 rings (SSSR count). The van der Waals surface area contributed by atoms with Gasteiger partial charge in [0.25, 0.3) is 0 Å². The molecule has 1 unspecified atom stereocenters. The third kappa shape index (κ3) is 2.28. The zero-order valence-electron chi connectivity index (χ0n) is 3.17. The molecule has 1 aliphatic heterocycles. The summed E-state index contributed by atoms with van der Waals surface area (Å²) in [6.07, 6.45) is 0. The van der Waals surface area contributed by atoms with Gasteiger partial charge in [-0.25, -0.2) is 9.37 Å². The van der Waals surface area contributed by atoms with E-state index in [1.165, 1.54) is 0 Å². The number of rotatable bonds is 0. The van der Waals surface area contributed by atoms with Crippen LogP contribution in [0.5, 0.6) is 0 Å². The van der Waals surface area contributed by atoms with Crippen molar-refractivity contribution in [3.63, 3.8) is 0 Å². The lowest BCUT2D eigenvalue weighted by atomic mass is 13.8. The van der Waals surface area contributed by atoms with Gasteiger partial charge in [0, 0.05) is 0 Å². The van der Waals surface area contributed by atoms with E-state index in [0.29, 0.717) is 8.88 Å².